The highest BCUT2D eigenvalue weighted by atomic mass is 19.1. The van der Waals surface area contributed by atoms with Gasteiger partial charge < -0.3 is 20.3 Å². The molecule has 0 bridgehead atoms. The molecule has 0 saturated carbocycles. The molecule has 0 radical (unpaired) electrons. The molecule has 1 aromatic heterocycles. The summed E-state index contributed by atoms with van der Waals surface area (Å²) in [6.07, 6.45) is -2.99. The van der Waals surface area contributed by atoms with Gasteiger partial charge in [0.15, 0.2) is 11.9 Å². The minimum Gasteiger partial charge on any atom is -0.394 e. The molecule has 4 atom stereocenters. The highest BCUT2D eigenvalue weighted by Gasteiger charge is 2.55. The van der Waals surface area contributed by atoms with Crippen LogP contribution >= 0.6 is 0 Å². The smallest absolute Gasteiger partial charge is 0.351 e. The lowest BCUT2D eigenvalue weighted by molar-refractivity contribution is -0.0610. The molecule has 3 rings (SSSR count). The van der Waals surface area contributed by atoms with Crippen LogP contribution in [0.4, 0.5) is 10.2 Å². The Hall–Kier alpha value is -2.62. The highest BCUT2D eigenvalue weighted by molar-refractivity contribution is 6.03. The van der Waals surface area contributed by atoms with Gasteiger partial charge in [0.1, 0.15) is 18.0 Å². The first-order chi connectivity index (χ1) is 12.3. The number of rotatable bonds is 4. The monoisotopic (exact) mass is 363 g/mol. The average Bonchev–Trinajstić information content (AvgIpc) is 2.85. The summed E-state index contributed by atoms with van der Waals surface area (Å²) < 4.78 is 20.9. The summed E-state index contributed by atoms with van der Waals surface area (Å²) in [6.45, 7) is 0.486. The van der Waals surface area contributed by atoms with E-state index >= 15 is 0 Å². The lowest BCUT2D eigenvalue weighted by atomic mass is 9.98. The normalized spacial score (nSPS) is 28.1. The molecule has 1 saturated heterocycles. The second-order valence-electron chi connectivity index (χ2n) is 6.13. The van der Waals surface area contributed by atoms with Crippen LogP contribution in [0.5, 0.6) is 0 Å². The first kappa shape index (κ1) is 18.2. The summed E-state index contributed by atoms with van der Waals surface area (Å²) in [6, 6.07) is 9.69. The number of amides is 1. The standard InChI is InChI=1S/C17H18FN3O5/c1-17(18)13(23)11(9-22)26-15(17)21-8-7-12(20-16(21)25)19-14(24)10-5-3-2-4-6-10/h2-8,11,13,15,22-23H,9H2,1H3,(H,19,20,24,25)/t11-,13?,15-,17?/m1/s1. The zero-order valence-electron chi connectivity index (χ0n) is 13.9. The number of halogens is 1. The van der Waals surface area contributed by atoms with E-state index in [2.05, 4.69) is 10.3 Å². The molecular weight excluding hydrogens is 345 g/mol. The van der Waals surface area contributed by atoms with E-state index in [1.54, 1.807) is 30.3 Å². The van der Waals surface area contributed by atoms with Crippen molar-refractivity contribution in [1.29, 1.82) is 0 Å². The number of aromatic nitrogens is 2. The van der Waals surface area contributed by atoms with E-state index in [4.69, 9.17) is 9.84 Å². The fourth-order valence-electron chi connectivity index (χ4n) is 2.80. The Bertz CT molecular complexity index is 855. The van der Waals surface area contributed by atoms with Gasteiger partial charge in [0.05, 0.1) is 6.61 Å². The molecule has 1 aliphatic rings. The van der Waals surface area contributed by atoms with Gasteiger partial charge in [-0.1, -0.05) is 18.2 Å². The van der Waals surface area contributed by atoms with Crippen LogP contribution in [0, 0.1) is 0 Å². The molecule has 9 heteroatoms. The van der Waals surface area contributed by atoms with E-state index in [-0.39, 0.29) is 5.82 Å². The Morgan fingerprint density at radius 3 is 2.65 bits per heavy atom. The molecule has 1 aliphatic heterocycles. The summed E-state index contributed by atoms with van der Waals surface area (Å²) in [4.78, 5) is 28.0. The maximum atomic E-state index is 14.8. The lowest BCUT2D eigenvalue weighted by Gasteiger charge is -2.24. The fourth-order valence-corrected chi connectivity index (χ4v) is 2.80. The van der Waals surface area contributed by atoms with Gasteiger partial charge in [-0.05, 0) is 25.1 Å². The zero-order chi connectivity index (χ0) is 18.9. The topological polar surface area (TPSA) is 114 Å². The molecule has 0 spiro atoms. The second-order valence-corrected chi connectivity index (χ2v) is 6.13. The molecular formula is C17H18FN3O5. The van der Waals surface area contributed by atoms with Gasteiger partial charge in [-0.15, -0.1) is 0 Å². The zero-order valence-corrected chi connectivity index (χ0v) is 13.9. The van der Waals surface area contributed by atoms with E-state index < -0.39 is 42.3 Å². The molecule has 8 nitrogen and oxygen atoms in total. The number of aliphatic hydroxyl groups excluding tert-OH is 2. The van der Waals surface area contributed by atoms with Crippen molar-refractivity contribution in [3.8, 4) is 0 Å². The number of carbonyl (C=O) groups excluding carboxylic acids is 1. The predicted octanol–water partition coefficient (Wildman–Crippen LogP) is 0.474. The van der Waals surface area contributed by atoms with Crippen molar-refractivity contribution in [2.24, 2.45) is 0 Å². The van der Waals surface area contributed by atoms with Crippen LogP contribution in [-0.2, 0) is 4.74 Å². The van der Waals surface area contributed by atoms with Crippen molar-refractivity contribution in [1.82, 2.24) is 9.55 Å². The van der Waals surface area contributed by atoms with Crippen LogP contribution in [0.2, 0.25) is 0 Å². The van der Waals surface area contributed by atoms with E-state index in [1.165, 1.54) is 12.3 Å². The predicted molar refractivity (Wildman–Crippen MR) is 89.4 cm³/mol. The summed E-state index contributed by atoms with van der Waals surface area (Å²) in [5.74, 6) is -0.448. The number of alkyl halides is 1. The lowest BCUT2D eigenvalue weighted by Crippen LogP contribution is -2.42. The van der Waals surface area contributed by atoms with Crippen LogP contribution in [-0.4, -0.2) is 50.2 Å². The summed E-state index contributed by atoms with van der Waals surface area (Å²) in [7, 11) is 0. The molecule has 1 aromatic carbocycles. The molecule has 1 fully saturated rings. The van der Waals surface area contributed by atoms with Crippen molar-refractivity contribution in [2.75, 3.05) is 11.9 Å². The van der Waals surface area contributed by atoms with Gasteiger partial charge in [-0.3, -0.25) is 9.36 Å². The minimum absolute atomic E-state index is 0.00193. The number of ether oxygens (including phenoxy) is 1. The maximum Gasteiger partial charge on any atom is 0.351 e. The summed E-state index contributed by atoms with van der Waals surface area (Å²) in [5, 5.41) is 21.5. The molecule has 2 aromatic rings. The summed E-state index contributed by atoms with van der Waals surface area (Å²) >= 11 is 0. The number of hydrogen-bond donors (Lipinski definition) is 3. The van der Waals surface area contributed by atoms with Gasteiger partial charge >= 0.3 is 5.69 Å². The Balaban J connectivity index is 1.82. The molecule has 1 amide bonds. The third kappa shape index (κ3) is 3.24. The molecule has 2 heterocycles. The number of aliphatic hydroxyl groups is 2. The number of carbonyl (C=O) groups is 1. The Kier molecular flexibility index (Phi) is 4.86. The minimum atomic E-state index is -2.30. The van der Waals surface area contributed by atoms with Gasteiger partial charge in [0.2, 0.25) is 0 Å². The average molecular weight is 363 g/mol. The van der Waals surface area contributed by atoms with E-state index in [9.17, 15) is 19.1 Å². The Labute approximate surface area is 147 Å². The number of benzene rings is 1. The quantitative estimate of drug-likeness (QED) is 0.728. The number of nitrogens with zero attached hydrogens (tertiary/aromatic N) is 2. The molecule has 3 N–H and O–H groups in total. The largest absolute Gasteiger partial charge is 0.394 e. The van der Waals surface area contributed by atoms with E-state index in [0.29, 0.717) is 5.56 Å². The van der Waals surface area contributed by atoms with E-state index in [0.717, 1.165) is 11.5 Å². The van der Waals surface area contributed by atoms with Crippen LogP contribution < -0.4 is 11.0 Å². The van der Waals surface area contributed by atoms with Crippen molar-refractivity contribution >= 4 is 11.7 Å². The van der Waals surface area contributed by atoms with E-state index in [1.807, 2.05) is 0 Å². The van der Waals surface area contributed by atoms with Gasteiger partial charge in [0, 0.05) is 11.8 Å². The van der Waals surface area contributed by atoms with Gasteiger partial charge in [-0.2, -0.15) is 4.98 Å². The van der Waals surface area contributed by atoms with Gasteiger partial charge in [-0.25, -0.2) is 9.18 Å². The third-order valence-corrected chi connectivity index (χ3v) is 4.26. The van der Waals surface area contributed by atoms with Crippen molar-refractivity contribution in [3.63, 3.8) is 0 Å². The van der Waals surface area contributed by atoms with Crippen LogP contribution in [0.3, 0.4) is 0 Å². The molecule has 26 heavy (non-hydrogen) atoms. The first-order valence-electron chi connectivity index (χ1n) is 7.93. The summed E-state index contributed by atoms with van der Waals surface area (Å²) in [5.41, 5.74) is -2.77. The molecule has 2 unspecified atom stereocenters. The van der Waals surface area contributed by atoms with Crippen LogP contribution in [0.1, 0.15) is 23.5 Å². The number of anilines is 1. The third-order valence-electron chi connectivity index (χ3n) is 4.26. The first-order valence-corrected chi connectivity index (χ1v) is 7.93. The van der Waals surface area contributed by atoms with Crippen molar-refractivity contribution in [2.45, 2.75) is 31.0 Å². The van der Waals surface area contributed by atoms with Crippen LogP contribution in [0.25, 0.3) is 0 Å². The maximum absolute atomic E-state index is 14.8. The van der Waals surface area contributed by atoms with Crippen molar-refractivity contribution < 1.29 is 24.1 Å². The Morgan fingerprint density at radius 1 is 1.38 bits per heavy atom. The van der Waals surface area contributed by atoms with Crippen LogP contribution in [0.15, 0.2) is 47.4 Å². The molecule has 0 aliphatic carbocycles. The highest BCUT2D eigenvalue weighted by Crippen LogP contribution is 2.40. The molecule has 138 valence electrons. The fraction of sp³-hybridized carbons (Fsp3) is 0.353. The Morgan fingerprint density at radius 2 is 2.08 bits per heavy atom. The van der Waals surface area contributed by atoms with Gasteiger partial charge in [0.25, 0.3) is 5.91 Å². The van der Waals surface area contributed by atoms with Crippen molar-refractivity contribution in [3.05, 3.63) is 58.6 Å². The number of nitrogens with one attached hydrogen (secondary N) is 1. The SMILES string of the molecule is CC1(F)C(O)[C@@H](CO)O[C@H]1n1ccc(NC(=O)c2ccccc2)nc1=O. The number of hydrogen-bond acceptors (Lipinski definition) is 6. The second kappa shape index (κ2) is 6.94.